The van der Waals surface area contributed by atoms with Crippen LogP contribution in [0.25, 0.3) is 16.9 Å². The molecule has 0 unspecified atom stereocenters. The van der Waals surface area contributed by atoms with Crippen molar-refractivity contribution >= 4 is 5.91 Å². The zero-order valence-corrected chi connectivity index (χ0v) is 16.0. The number of amides is 1. The van der Waals surface area contributed by atoms with E-state index in [0.29, 0.717) is 0 Å². The number of aryl methyl sites for hydroxylation is 1. The summed E-state index contributed by atoms with van der Waals surface area (Å²) in [6, 6.07) is 4.81. The van der Waals surface area contributed by atoms with Crippen LogP contribution in [0.2, 0.25) is 0 Å². The van der Waals surface area contributed by atoms with E-state index in [-0.39, 0.29) is 29.1 Å². The fourth-order valence-corrected chi connectivity index (χ4v) is 2.67. The van der Waals surface area contributed by atoms with Gasteiger partial charge < -0.3 is 10.4 Å². The Hall–Kier alpha value is -3.47. The molecule has 0 aliphatic heterocycles. The molecule has 0 aliphatic carbocycles. The quantitative estimate of drug-likeness (QED) is 0.654. The van der Waals surface area contributed by atoms with Gasteiger partial charge in [0.2, 0.25) is 0 Å². The molecular formula is C19H18F3N5O3. The largest absolute Gasteiger partial charge is 0.416 e. The summed E-state index contributed by atoms with van der Waals surface area (Å²) in [4.78, 5) is 25.4. The van der Waals surface area contributed by atoms with Crippen LogP contribution >= 0.6 is 0 Å². The third-order valence-corrected chi connectivity index (χ3v) is 4.25. The van der Waals surface area contributed by atoms with Crippen molar-refractivity contribution < 1.29 is 23.1 Å². The topological polar surface area (TPSA) is 102 Å². The Kier molecular flexibility index (Phi) is 5.74. The van der Waals surface area contributed by atoms with Crippen molar-refractivity contribution in [1.82, 2.24) is 24.9 Å². The Labute approximate surface area is 168 Å². The molecule has 0 spiro atoms. The maximum absolute atomic E-state index is 12.9. The molecule has 0 radical (unpaired) electrons. The summed E-state index contributed by atoms with van der Waals surface area (Å²) in [6.07, 6.45) is -1.63. The highest BCUT2D eigenvalue weighted by atomic mass is 19.4. The molecular weight excluding hydrogens is 403 g/mol. The first kappa shape index (κ1) is 21.2. The van der Waals surface area contributed by atoms with Crippen molar-refractivity contribution in [2.45, 2.75) is 19.1 Å². The van der Waals surface area contributed by atoms with Crippen molar-refractivity contribution in [1.29, 1.82) is 0 Å². The van der Waals surface area contributed by atoms with Crippen LogP contribution in [0, 0.1) is 0 Å². The molecule has 2 N–H and O–H groups in total. The van der Waals surface area contributed by atoms with Crippen LogP contribution in [-0.4, -0.2) is 43.2 Å². The normalized spacial score (nSPS) is 12.6. The van der Waals surface area contributed by atoms with Gasteiger partial charge in [-0.05, 0) is 25.1 Å². The molecule has 30 heavy (non-hydrogen) atoms. The molecule has 3 rings (SSSR count). The zero-order valence-electron chi connectivity index (χ0n) is 16.0. The molecule has 1 aromatic carbocycles. The van der Waals surface area contributed by atoms with Gasteiger partial charge in [0.25, 0.3) is 11.5 Å². The van der Waals surface area contributed by atoms with Crippen LogP contribution in [0.3, 0.4) is 0 Å². The molecule has 0 saturated heterocycles. The van der Waals surface area contributed by atoms with Gasteiger partial charge in [-0.3, -0.25) is 14.3 Å². The number of hydrogen-bond donors (Lipinski definition) is 2. The monoisotopic (exact) mass is 421 g/mol. The van der Waals surface area contributed by atoms with Gasteiger partial charge in [0.1, 0.15) is 11.3 Å². The standard InChI is InChI=1S/C19H18F3N5O3/c1-11(10-28)24-17(29)15-7-16(12-3-5-13(6-4-12)19(20,21)22)25-27(18(15)30)14-8-23-26(2)9-14/h3-9,11,28H,10H2,1-2H3,(H,24,29)/t11-/m0/s1. The van der Waals surface area contributed by atoms with E-state index in [2.05, 4.69) is 15.5 Å². The van der Waals surface area contributed by atoms with Crippen molar-refractivity contribution in [3.05, 3.63) is 64.2 Å². The molecule has 0 aliphatic rings. The number of aliphatic hydroxyl groups is 1. The molecule has 1 atom stereocenters. The summed E-state index contributed by atoms with van der Waals surface area (Å²) < 4.78 is 40.9. The average molecular weight is 421 g/mol. The summed E-state index contributed by atoms with van der Waals surface area (Å²) in [5.41, 5.74) is -1.16. The first-order chi connectivity index (χ1) is 14.1. The van der Waals surface area contributed by atoms with E-state index in [4.69, 9.17) is 5.11 Å². The van der Waals surface area contributed by atoms with E-state index in [1.807, 2.05) is 0 Å². The lowest BCUT2D eigenvalue weighted by Crippen LogP contribution is -2.39. The van der Waals surface area contributed by atoms with E-state index in [0.717, 1.165) is 16.8 Å². The number of aromatic nitrogens is 4. The summed E-state index contributed by atoms with van der Waals surface area (Å²) in [5, 5.41) is 19.8. The van der Waals surface area contributed by atoms with Crippen LogP contribution in [0.5, 0.6) is 0 Å². The van der Waals surface area contributed by atoms with Crippen molar-refractivity contribution in [3.63, 3.8) is 0 Å². The molecule has 8 nitrogen and oxygen atoms in total. The SMILES string of the molecule is C[C@@H](CO)NC(=O)c1cc(-c2ccc(C(F)(F)F)cc2)nn(-c2cnn(C)c2)c1=O. The van der Waals surface area contributed by atoms with E-state index in [9.17, 15) is 22.8 Å². The lowest BCUT2D eigenvalue weighted by molar-refractivity contribution is -0.137. The Bertz CT molecular complexity index is 1120. The van der Waals surface area contributed by atoms with Crippen LogP contribution < -0.4 is 10.9 Å². The number of nitrogens with one attached hydrogen (secondary N) is 1. The van der Waals surface area contributed by atoms with E-state index in [1.54, 1.807) is 14.0 Å². The number of aliphatic hydroxyl groups excluding tert-OH is 1. The maximum Gasteiger partial charge on any atom is 0.416 e. The van der Waals surface area contributed by atoms with Crippen LogP contribution in [0.1, 0.15) is 22.8 Å². The second-order valence-electron chi connectivity index (χ2n) is 6.66. The molecule has 158 valence electrons. The first-order valence-electron chi connectivity index (χ1n) is 8.83. The second kappa shape index (κ2) is 8.11. The van der Waals surface area contributed by atoms with Gasteiger partial charge in [0, 0.05) is 18.7 Å². The number of rotatable bonds is 5. The van der Waals surface area contributed by atoms with Gasteiger partial charge in [0.05, 0.1) is 30.3 Å². The number of halogens is 3. The maximum atomic E-state index is 12.9. The molecule has 0 saturated carbocycles. The minimum Gasteiger partial charge on any atom is -0.394 e. The van der Waals surface area contributed by atoms with Gasteiger partial charge in [-0.15, -0.1) is 0 Å². The predicted octanol–water partition coefficient (Wildman–Crippen LogP) is 1.76. The number of benzene rings is 1. The number of carbonyl (C=O) groups excluding carboxylic acids is 1. The smallest absolute Gasteiger partial charge is 0.394 e. The molecule has 0 bridgehead atoms. The fraction of sp³-hybridized carbons (Fsp3) is 0.263. The molecule has 1 amide bonds. The predicted molar refractivity (Wildman–Crippen MR) is 101 cm³/mol. The van der Waals surface area contributed by atoms with Gasteiger partial charge in [-0.2, -0.15) is 28.1 Å². The highest BCUT2D eigenvalue weighted by Gasteiger charge is 2.30. The second-order valence-corrected chi connectivity index (χ2v) is 6.66. The summed E-state index contributed by atoms with van der Waals surface area (Å²) >= 11 is 0. The summed E-state index contributed by atoms with van der Waals surface area (Å²) in [7, 11) is 1.63. The minimum absolute atomic E-state index is 0.119. The minimum atomic E-state index is -4.49. The molecule has 3 aromatic rings. The van der Waals surface area contributed by atoms with E-state index in [1.165, 1.54) is 35.3 Å². The number of hydrogen-bond acceptors (Lipinski definition) is 5. The summed E-state index contributed by atoms with van der Waals surface area (Å²) in [5.74, 6) is -0.741. The van der Waals surface area contributed by atoms with Gasteiger partial charge in [-0.1, -0.05) is 12.1 Å². The van der Waals surface area contributed by atoms with Gasteiger partial charge in [0.15, 0.2) is 0 Å². The van der Waals surface area contributed by atoms with Crippen molar-refractivity contribution in [3.8, 4) is 16.9 Å². The number of alkyl halides is 3. The molecule has 11 heteroatoms. The summed E-state index contributed by atoms with van der Waals surface area (Å²) in [6.45, 7) is 1.22. The molecule has 2 heterocycles. The van der Waals surface area contributed by atoms with Crippen LogP contribution in [0.4, 0.5) is 13.2 Å². The highest BCUT2D eigenvalue weighted by molar-refractivity contribution is 5.95. The molecule has 0 fully saturated rings. The molecule has 2 aromatic heterocycles. The van der Waals surface area contributed by atoms with E-state index < -0.39 is 29.2 Å². The zero-order chi connectivity index (χ0) is 22.1. The van der Waals surface area contributed by atoms with Crippen molar-refractivity contribution in [2.75, 3.05) is 6.61 Å². The van der Waals surface area contributed by atoms with Gasteiger partial charge >= 0.3 is 6.18 Å². The number of nitrogens with zero attached hydrogens (tertiary/aromatic N) is 4. The third-order valence-electron chi connectivity index (χ3n) is 4.25. The fourth-order valence-electron chi connectivity index (χ4n) is 2.67. The lowest BCUT2D eigenvalue weighted by Gasteiger charge is -2.13. The van der Waals surface area contributed by atoms with E-state index >= 15 is 0 Å². The Morgan fingerprint density at radius 1 is 1.27 bits per heavy atom. The first-order valence-corrected chi connectivity index (χ1v) is 8.83. The average Bonchev–Trinajstić information content (AvgIpc) is 3.13. The Balaban J connectivity index is 2.14. The Morgan fingerprint density at radius 2 is 1.93 bits per heavy atom. The van der Waals surface area contributed by atoms with Crippen LogP contribution in [-0.2, 0) is 13.2 Å². The van der Waals surface area contributed by atoms with Crippen molar-refractivity contribution in [2.24, 2.45) is 7.05 Å². The van der Waals surface area contributed by atoms with Crippen LogP contribution in [0.15, 0.2) is 47.5 Å². The number of carbonyl (C=O) groups is 1. The lowest BCUT2D eigenvalue weighted by atomic mass is 10.1. The highest BCUT2D eigenvalue weighted by Crippen LogP contribution is 2.30. The van der Waals surface area contributed by atoms with Gasteiger partial charge in [-0.25, -0.2) is 0 Å². The Morgan fingerprint density at radius 3 is 2.47 bits per heavy atom. The third kappa shape index (κ3) is 4.40.